The third-order valence-corrected chi connectivity index (χ3v) is 3.53. The molecule has 0 aliphatic carbocycles. The highest BCUT2D eigenvalue weighted by molar-refractivity contribution is 5.89. The van der Waals surface area contributed by atoms with Gasteiger partial charge in [-0.3, -0.25) is 5.32 Å². The van der Waals surface area contributed by atoms with Gasteiger partial charge in [-0.1, -0.05) is 36.9 Å². The number of amides is 1. The molecule has 2 rings (SSSR count). The van der Waals surface area contributed by atoms with Gasteiger partial charge < -0.3 is 9.47 Å². The van der Waals surface area contributed by atoms with E-state index >= 15 is 0 Å². The summed E-state index contributed by atoms with van der Waals surface area (Å²) in [4.78, 5) is 23.8. The number of alkyl halides is 2. The largest absolute Gasteiger partial charge is 0.464 e. The van der Waals surface area contributed by atoms with Gasteiger partial charge in [0.2, 0.25) is 5.54 Å². The number of rotatable bonds is 5. The van der Waals surface area contributed by atoms with Crippen molar-refractivity contribution in [1.29, 1.82) is 0 Å². The summed E-state index contributed by atoms with van der Waals surface area (Å²) < 4.78 is 39.3. The summed E-state index contributed by atoms with van der Waals surface area (Å²) in [6.07, 6.45) is -2.44. The smallest absolute Gasteiger partial charge is 0.413 e. The van der Waals surface area contributed by atoms with Crippen LogP contribution in [0.1, 0.15) is 18.9 Å². The molecule has 1 aromatic rings. The average Bonchev–Trinajstić information content (AvgIpc) is 2.46. The van der Waals surface area contributed by atoms with Gasteiger partial charge in [0.05, 0.1) is 6.61 Å². The van der Waals surface area contributed by atoms with E-state index in [1.54, 1.807) is 18.2 Å². The SMILES string of the molecule is C=C1CC(C(=O)OCC)(C(F)(F)Cc2ccccc2)NC(=O)O1. The first-order valence-electron chi connectivity index (χ1n) is 7.07. The van der Waals surface area contributed by atoms with E-state index in [4.69, 9.17) is 4.74 Å². The Hall–Kier alpha value is -2.44. The minimum atomic E-state index is -3.59. The highest BCUT2D eigenvalue weighted by atomic mass is 19.3. The Labute approximate surface area is 132 Å². The second-order valence-corrected chi connectivity index (χ2v) is 5.22. The molecule has 0 radical (unpaired) electrons. The first-order chi connectivity index (χ1) is 10.8. The molecule has 0 aromatic heterocycles. The molecule has 1 aliphatic rings. The summed E-state index contributed by atoms with van der Waals surface area (Å²) >= 11 is 0. The highest BCUT2D eigenvalue weighted by Crippen LogP contribution is 2.40. The second kappa shape index (κ2) is 6.36. The summed E-state index contributed by atoms with van der Waals surface area (Å²) in [6.45, 7) is 4.80. The van der Waals surface area contributed by atoms with E-state index in [1.807, 2.05) is 5.32 Å². The lowest BCUT2D eigenvalue weighted by atomic mass is 9.82. The van der Waals surface area contributed by atoms with Crippen molar-refractivity contribution >= 4 is 12.1 Å². The zero-order valence-electron chi connectivity index (χ0n) is 12.6. The molecule has 0 saturated carbocycles. The van der Waals surface area contributed by atoms with Gasteiger partial charge in [-0.05, 0) is 12.5 Å². The second-order valence-electron chi connectivity index (χ2n) is 5.22. The molecule has 124 valence electrons. The zero-order valence-corrected chi connectivity index (χ0v) is 12.6. The number of alkyl carbamates (subject to hydrolysis) is 1. The van der Waals surface area contributed by atoms with Crippen LogP contribution in [0.4, 0.5) is 13.6 Å². The number of ether oxygens (including phenoxy) is 2. The van der Waals surface area contributed by atoms with Crippen LogP contribution in [0.5, 0.6) is 0 Å². The minimum absolute atomic E-state index is 0.0921. The molecule has 7 heteroatoms. The predicted molar refractivity (Wildman–Crippen MR) is 77.8 cm³/mol. The average molecular weight is 325 g/mol. The molecule has 23 heavy (non-hydrogen) atoms. The van der Waals surface area contributed by atoms with Gasteiger partial charge in [-0.25, -0.2) is 18.4 Å². The first-order valence-corrected chi connectivity index (χ1v) is 7.07. The molecule has 1 atom stereocenters. The molecule has 1 aromatic carbocycles. The number of carbonyl (C=O) groups excluding carboxylic acids is 2. The maximum absolute atomic E-state index is 15.0. The normalized spacial score (nSPS) is 21.3. The van der Waals surface area contributed by atoms with Crippen molar-refractivity contribution in [2.45, 2.75) is 31.2 Å². The van der Waals surface area contributed by atoms with Crippen molar-refractivity contribution in [3.63, 3.8) is 0 Å². The summed E-state index contributed by atoms with van der Waals surface area (Å²) in [5.74, 6) is -5.02. The van der Waals surface area contributed by atoms with Crippen LogP contribution in [0, 0.1) is 0 Å². The van der Waals surface area contributed by atoms with Gasteiger partial charge in [-0.2, -0.15) is 0 Å². The molecule has 1 heterocycles. The number of nitrogens with one attached hydrogen (secondary N) is 1. The Kier molecular flexibility index (Phi) is 4.68. The number of hydrogen-bond acceptors (Lipinski definition) is 4. The number of cyclic esters (lactones) is 1. The third-order valence-electron chi connectivity index (χ3n) is 3.53. The molecule has 1 unspecified atom stereocenters. The lowest BCUT2D eigenvalue weighted by Crippen LogP contribution is -2.68. The molecule has 0 spiro atoms. The zero-order chi connectivity index (χ0) is 17.1. The Bertz CT molecular complexity index is 600. The molecule has 0 bridgehead atoms. The quantitative estimate of drug-likeness (QED) is 0.846. The fourth-order valence-electron chi connectivity index (χ4n) is 2.46. The standard InChI is InChI=1S/C16H17F2NO4/c1-3-22-13(20)15(9-11(2)23-14(21)19-15)16(17,18)10-12-7-5-4-6-8-12/h4-8H,2-3,9-10H2,1H3,(H,19,21). The molecule has 1 fully saturated rings. The molecule has 1 N–H and O–H groups in total. The van der Waals surface area contributed by atoms with E-state index in [9.17, 15) is 18.4 Å². The van der Waals surface area contributed by atoms with Crippen LogP contribution in [0.2, 0.25) is 0 Å². The van der Waals surface area contributed by atoms with E-state index in [1.165, 1.54) is 19.1 Å². The summed E-state index contributed by atoms with van der Waals surface area (Å²) in [7, 11) is 0. The van der Waals surface area contributed by atoms with Gasteiger partial charge in [0, 0.05) is 12.8 Å². The molecule has 1 saturated heterocycles. The molecular weight excluding hydrogens is 308 g/mol. The van der Waals surface area contributed by atoms with Gasteiger partial charge in [0.15, 0.2) is 0 Å². The van der Waals surface area contributed by atoms with Crippen LogP contribution in [0.15, 0.2) is 42.7 Å². The maximum Gasteiger partial charge on any atom is 0.413 e. The van der Waals surface area contributed by atoms with E-state index in [-0.39, 0.29) is 12.4 Å². The van der Waals surface area contributed by atoms with E-state index < -0.39 is 36.4 Å². The lowest BCUT2D eigenvalue weighted by molar-refractivity contribution is -0.174. The van der Waals surface area contributed by atoms with Gasteiger partial charge in [0.1, 0.15) is 5.76 Å². The maximum atomic E-state index is 15.0. The van der Waals surface area contributed by atoms with E-state index in [2.05, 4.69) is 11.3 Å². The van der Waals surface area contributed by atoms with Crippen molar-refractivity contribution in [3.8, 4) is 0 Å². The summed E-state index contributed by atoms with van der Waals surface area (Å²) in [5.41, 5.74) is -2.21. The van der Waals surface area contributed by atoms with Gasteiger partial charge in [0.25, 0.3) is 5.92 Å². The molecule has 1 aliphatic heterocycles. The Morgan fingerprint density at radius 1 is 1.43 bits per heavy atom. The van der Waals surface area contributed by atoms with Crippen molar-refractivity contribution in [3.05, 3.63) is 48.2 Å². The summed E-state index contributed by atoms with van der Waals surface area (Å²) in [6, 6.07) is 7.96. The van der Waals surface area contributed by atoms with Crippen molar-refractivity contribution in [2.75, 3.05) is 6.61 Å². The van der Waals surface area contributed by atoms with Crippen molar-refractivity contribution < 1.29 is 27.8 Å². The number of hydrogen-bond donors (Lipinski definition) is 1. The third kappa shape index (κ3) is 3.33. The van der Waals surface area contributed by atoms with Gasteiger partial charge in [-0.15, -0.1) is 0 Å². The van der Waals surface area contributed by atoms with Crippen molar-refractivity contribution in [1.82, 2.24) is 5.32 Å². The monoisotopic (exact) mass is 325 g/mol. The minimum Gasteiger partial charge on any atom is -0.464 e. The molecular formula is C16H17F2NO4. The van der Waals surface area contributed by atoms with Crippen LogP contribution >= 0.6 is 0 Å². The van der Waals surface area contributed by atoms with Crippen LogP contribution < -0.4 is 5.32 Å². The number of halogens is 2. The fourth-order valence-corrected chi connectivity index (χ4v) is 2.46. The molecule has 5 nitrogen and oxygen atoms in total. The lowest BCUT2D eigenvalue weighted by Gasteiger charge is -2.41. The Morgan fingerprint density at radius 3 is 2.65 bits per heavy atom. The number of esters is 1. The van der Waals surface area contributed by atoms with Crippen LogP contribution in [-0.4, -0.2) is 30.1 Å². The van der Waals surface area contributed by atoms with E-state index in [0.29, 0.717) is 5.56 Å². The molecule has 1 amide bonds. The van der Waals surface area contributed by atoms with Gasteiger partial charge >= 0.3 is 12.1 Å². The van der Waals surface area contributed by atoms with E-state index in [0.717, 1.165) is 0 Å². The van der Waals surface area contributed by atoms with Crippen LogP contribution in [-0.2, 0) is 20.7 Å². The predicted octanol–water partition coefficient (Wildman–Crippen LogP) is 2.81. The highest BCUT2D eigenvalue weighted by Gasteiger charge is 2.63. The fraction of sp³-hybridized carbons (Fsp3) is 0.375. The topological polar surface area (TPSA) is 64.6 Å². The summed E-state index contributed by atoms with van der Waals surface area (Å²) in [5, 5.41) is 1.96. The van der Waals surface area contributed by atoms with Crippen LogP contribution in [0.25, 0.3) is 0 Å². The number of benzene rings is 1. The Morgan fingerprint density at radius 2 is 2.09 bits per heavy atom. The number of carbonyl (C=O) groups is 2. The van der Waals surface area contributed by atoms with Crippen LogP contribution in [0.3, 0.4) is 0 Å². The Balaban J connectivity index is 2.41. The van der Waals surface area contributed by atoms with Crippen molar-refractivity contribution in [2.24, 2.45) is 0 Å². The first kappa shape index (κ1) is 16.9.